The van der Waals surface area contributed by atoms with E-state index in [1.165, 1.54) is 32.5 Å². The molecule has 1 saturated heterocycles. The smallest absolute Gasteiger partial charge is 0.102 e. The lowest BCUT2D eigenvalue weighted by molar-refractivity contribution is -0.852. The number of hydrogen-bond acceptors (Lipinski definition) is 1. The van der Waals surface area contributed by atoms with Crippen LogP contribution in [0.4, 0.5) is 0 Å². The van der Waals surface area contributed by atoms with Crippen molar-refractivity contribution in [3.63, 3.8) is 0 Å². The molecule has 1 fully saturated rings. The zero-order valence-corrected chi connectivity index (χ0v) is 12.0. The van der Waals surface area contributed by atoms with Gasteiger partial charge >= 0.3 is 0 Å². The van der Waals surface area contributed by atoms with E-state index >= 15 is 0 Å². The molecule has 0 aromatic rings. The van der Waals surface area contributed by atoms with Crippen molar-refractivity contribution in [1.82, 2.24) is 5.32 Å². The van der Waals surface area contributed by atoms with Crippen LogP contribution in [0.25, 0.3) is 0 Å². The van der Waals surface area contributed by atoms with Gasteiger partial charge in [0.25, 0.3) is 0 Å². The minimum Gasteiger partial charge on any atom is -1.00 e. The van der Waals surface area contributed by atoms with Gasteiger partial charge in [-0.3, -0.25) is 4.48 Å². The third-order valence-corrected chi connectivity index (χ3v) is 2.90. The Morgan fingerprint density at radius 3 is 2.13 bits per heavy atom. The Morgan fingerprint density at radius 1 is 1.20 bits per heavy atom. The molecule has 2 aliphatic rings. The first-order chi connectivity index (χ1) is 6.77. The predicted octanol–water partition coefficient (Wildman–Crippen LogP) is -1.09. The van der Waals surface area contributed by atoms with E-state index in [4.69, 9.17) is 0 Å². The van der Waals surface area contributed by atoms with Crippen LogP contribution in [0.1, 0.15) is 19.8 Å². The van der Waals surface area contributed by atoms with Gasteiger partial charge in [-0.2, -0.15) is 0 Å². The van der Waals surface area contributed by atoms with Crippen molar-refractivity contribution >= 4 is 0 Å². The maximum Gasteiger partial charge on any atom is 0.102 e. The molecule has 2 nitrogen and oxygen atoms in total. The summed E-state index contributed by atoms with van der Waals surface area (Å²) in [6.07, 6.45) is 11.5. The first-order valence-electron chi connectivity index (χ1n) is 5.66. The first-order valence-corrected chi connectivity index (χ1v) is 5.66. The summed E-state index contributed by atoms with van der Waals surface area (Å²) in [5.41, 5.74) is 0. The molecular formula is C12H23IN2. The highest BCUT2D eigenvalue weighted by Gasteiger charge is 2.13. The number of nitrogens with one attached hydrogen (secondary N) is 1. The lowest BCUT2D eigenvalue weighted by Gasteiger charge is -2.28. The third kappa shape index (κ3) is 6.33. The summed E-state index contributed by atoms with van der Waals surface area (Å²) >= 11 is 0. The van der Waals surface area contributed by atoms with Gasteiger partial charge in [0.05, 0.1) is 19.8 Å². The summed E-state index contributed by atoms with van der Waals surface area (Å²) in [4.78, 5) is 0. The van der Waals surface area contributed by atoms with Crippen molar-refractivity contribution in [2.75, 3.05) is 33.2 Å². The molecular weight excluding hydrogens is 299 g/mol. The quantitative estimate of drug-likeness (QED) is 0.478. The van der Waals surface area contributed by atoms with Crippen LogP contribution in [0.2, 0.25) is 0 Å². The Bertz CT molecular complexity index is 202. The Kier molecular flexibility index (Phi) is 8.37. The number of nitrogens with zero attached hydrogens (tertiary/aromatic N) is 1. The van der Waals surface area contributed by atoms with Crippen LogP contribution in [0, 0.1) is 0 Å². The Morgan fingerprint density at radius 2 is 1.87 bits per heavy atom. The molecule has 0 aromatic heterocycles. The Balaban J connectivity index is 0.000000280. The second kappa shape index (κ2) is 8.30. The van der Waals surface area contributed by atoms with E-state index in [1.807, 2.05) is 0 Å². The molecule has 0 amide bonds. The summed E-state index contributed by atoms with van der Waals surface area (Å²) in [7, 11) is 2.24. The highest BCUT2D eigenvalue weighted by atomic mass is 127. The Hall–Kier alpha value is 0.130. The van der Waals surface area contributed by atoms with Gasteiger partial charge in [-0.1, -0.05) is 6.08 Å². The molecule has 2 aliphatic heterocycles. The topological polar surface area (TPSA) is 12.0 Å². The SMILES string of the molecule is C1CCNC1.CC[N+]1(C)C=CC=CC1.[I-]. The standard InChI is InChI=1S/C8H14N.C4H9N.HI/c1-3-9(2)7-5-4-6-8-9;1-2-4-5-3-1;/h4-7H,3,8H2,1-2H3;5H,1-4H2;1H/q+1;;/p-1. The molecule has 0 saturated carbocycles. The fraction of sp³-hybridized carbons (Fsp3) is 0.667. The van der Waals surface area contributed by atoms with Crippen LogP contribution < -0.4 is 29.3 Å². The van der Waals surface area contributed by atoms with Gasteiger partial charge in [0.1, 0.15) is 6.54 Å². The molecule has 0 bridgehead atoms. The Labute approximate surface area is 111 Å². The maximum absolute atomic E-state index is 3.22. The summed E-state index contributed by atoms with van der Waals surface area (Å²) < 4.78 is 1.05. The lowest BCUT2D eigenvalue weighted by Crippen LogP contribution is -3.00. The fourth-order valence-corrected chi connectivity index (χ4v) is 1.56. The van der Waals surface area contributed by atoms with E-state index in [1.54, 1.807) is 0 Å². The van der Waals surface area contributed by atoms with E-state index in [9.17, 15) is 0 Å². The van der Waals surface area contributed by atoms with E-state index < -0.39 is 0 Å². The first kappa shape index (κ1) is 15.1. The number of quaternary nitrogens is 1. The van der Waals surface area contributed by atoms with Crippen LogP contribution in [-0.4, -0.2) is 37.7 Å². The van der Waals surface area contributed by atoms with Crippen molar-refractivity contribution in [2.24, 2.45) is 0 Å². The van der Waals surface area contributed by atoms with Crippen molar-refractivity contribution in [3.8, 4) is 0 Å². The number of hydrogen-bond donors (Lipinski definition) is 1. The van der Waals surface area contributed by atoms with Crippen LogP contribution in [0.3, 0.4) is 0 Å². The van der Waals surface area contributed by atoms with Crippen molar-refractivity contribution < 1.29 is 28.5 Å². The van der Waals surface area contributed by atoms with Gasteiger partial charge in [0.15, 0.2) is 0 Å². The summed E-state index contributed by atoms with van der Waals surface area (Å²) in [5, 5.41) is 3.22. The monoisotopic (exact) mass is 322 g/mol. The average Bonchev–Trinajstić information content (AvgIpc) is 2.77. The van der Waals surface area contributed by atoms with Crippen LogP contribution in [-0.2, 0) is 0 Å². The van der Waals surface area contributed by atoms with Gasteiger partial charge in [-0.25, -0.2) is 0 Å². The lowest BCUT2D eigenvalue weighted by atomic mass is 10.3. The van der Waals surface area contributed by atoms with E-state index in [0.29, 0.717) is 0 Å². The van der Waals surface area contributed by atoms with Crippen molar-refractivity contribution in [2.45, 2.75) is 19.8 Å². The van der Waals surface area contributed by atoms with E-state index in [2.05, 4.69) is 43.7 Å². The minimum absolute atomic E-state index is 0. The second-order valence-corrected chi connectivity index (χ2v) is 4.20. The molecule has 0 spiro atoms. The molecule has 1 N–H and O–H groups in total. The van der Waals surface area contributed by atoms with Gasteiger partial charge in [-0.15, -0.1) is 0 Å². The van der Waals surface area contributed by atoms with Crippen molar-refractivity contribution in [3.05, 3.63) is 24.4 Å². The highest BCUT2D eigenvalue weighted by molar-refractivity contribution is 5.03. The zero-order valence-electron chi connectivity index (χ0n) is 9.88. The van der Waals surface area contributed by atoms with Crippen LogP contribution in [0.15, 0.2) is 24.4 Å². The molecule has 1 unspecified atom stereocenters. The molecule has 2 rings (SSSR count). The van der Waals surface area contributed by atoms with Crippen LogP contribution >= 0.6 is 0 Å². The number of likely N-dealkylation sites (N-methyl/N-ethyl adjacent to an activating group) is 1. The largest absolute Gasteiger partial charge is 1.00 e. The number of halogens is 1. The minimum atomic E-state index is 0. The van der Waals surface area contributed by atoms with Crippen LogP contribution in [0.5, 0.6) is 0 Å². The molecule has 1 atom stereocenters. The van der Waals surface area contributed by atoms with Gasteiger partial charge in [0.2, 0.25) is 0 Å². The molecule has 2 heterocycles. The predicted molar refractivity (Wildman–Crippen MR) is 62.0 cm³/mol. The highest BCUT2D eigenvalue weighted by Crippen LogP contribution is 2.07. The summed E-state index contributed by atoms with van der Waals surface area (Å²) in [5.74, 6) is 0. The van der Waals surface area contributed by atoms with E-state index in [0.717, 1.165) is 11.0 Å². The zero-order chi connectivity index (χ0) is 10.3. The van der Waals surface area contributed by atoms with Gasteiger partial charge in [-0.05, 0) is 45.0 Å². The molecule has 0 aliphatic carbocycles. The van der Waals surface area contributed by atoms with Gasteiger partial charge < -0.3 is 29.3 Å². The fourth-order valence-electron chi connectivity index (χ4n) is 1.56. The number of rotatable bonds is 1. The number of allylic oxidation sites excluding steroid dienone is 2. The molecule has 88 valence electrons. The normalized spacial score (nSPS) is 27.9. The molecule has 15 heavy (non-hydrogen) atoms. The molecule has 3 heteroatoms. The molecule has 0 aromatic carbocycles. The third-order valence-electron chi connectivity index (χ3n) is 2.90. The summed E-state index contributed by atoms with van der Waals surface area (Å²) in [6.45, 7) is 7.04. The summed E-state index contributed by atoms with van der Waals surface area (Å²) in [6, 6.07) is 0. The van der Waals surface area contributed by atoms with Crippen molar-refractivity contribution in [1.29, 1.82) is 0 Å². The second-order valence-electron chi connectivity index (χ2n) is 4.20. The molecule has 0 radical (unpaired) electrons. The van der Waals surface area contributed by atoms with E-state index in [-0.39, 0.29) is 24.0 Å². The average molecular weight is 322 g/mol. The maximum atomic E-state index is 3.22. The van der Waals surface area contributed by atoms with Gasteiger partial charge in [0, 0.05) is 0 Å².